The molecule has 0 aromatic carbocycles. The fraction of sp³-hybridized carbons (Fsp3) is 0.919. The Morgan fingerprint density at radius 2 is 1.15 bits per heavy atom. The van der Waals surface area contributed by atoms with E-state index in [1.54, 1.807) is 6.92 Å². The number of quaternary nitrogens is 1. The number of likely N-dealkylation sites (N-methyl/N-ethyl adjacent to an activating group) is 1. The van der Waals surface area contributed by atoms with Crippen LogP contribution in [0.25, 0.3) is 0 Å². The third-order valence-electron chi connectivity index (χ3n) is 8.98. The fourth-order valence-corrected chi connectivity index (χ4v) is 6.54. The predicted molar refractivity (Wildman–Crippen MR) is 190 cm³/mol. The lowest BCUT2D eigenvalue weighted by Gasteiger charge is -2.25. The Morgan fingerprint density at radius 1 is 0.681 bits per heavy atom. The van der Waals surface area contributed by atoms with Gasteiger partial charge in [0.15, 0.2) is 0 Å². The van der Waals surface area contributed by atoms with Gasteiger partial charge in [-0.15, -0.1) is 0 Å². The second kappa shape index (κ2) is 24.8. The Bertz CT molecular complexity index is 921. The first-order chi connectivity index (χ1) is 22.3. The molecule has 1 aliphatic carbocycles. The van der Waals surface area contributed by atoms with Crippen LogP contribution in [0.2, 0.25) is 0 Å². The van der Waals surface area contributed by atoms with Gasteiger partial charge < -0.3 is 27.8 Å². The van der Waals surface area contributed by atoms with Crippen LogP contribution < -0.4 is 0 Å². The SMILES string of the molecule is CCCCCCCCCCCCCCCC(=O)OCC1(COP(C)(=O)OCC[N+](C)(C)C)CC1OC(=O)CCCCCCCC(C)=O. The third-order valence-corrected chi connectivity index (χ3v) is 10.2. The maximum absolute atomic E-state index is 13.0. The maximum atomic E-state index is 13.0. The van der Waals surface area contributed by atoms with Gasteiger partial charge in [0.05, 0.1) is 33.2 Å². The molecule has 0 radical (unpaired) electrons. The van der Waals surface area contributed by atoms with Crippen LogP contribution in [0.1, 0.15) is 155 Å². The van der Waals surface area contributed by atoms with Crippen molar-refractivity contribution in [3.63, 3.8) is 0 Å². The third kappa shape index (κ3) is 24.5. The molecule has 1 aliphatic rings. The lowest BCUT2D eigenvalue weighted by Crippen LogP contribution is -2.37. The number of carbonyl (C=O) groups is 3. The number of esters is 2. The van der Waals surface area contributed by atoms with Crippen LogP contribution in [0, 0.1) is 5.41 Å². The first-order valence-corrected chi connectivity index (χ1v) is 20.8. The Labute approximate surface area is 287 Å². The van der Waals surface area contributed by atoms with Crippen LogP contribution in [-0.2, 0) is 37.5 Å². The van der Waals surface area contributed by atoms with Crippen LogP contribution in [-0.4, -0.2) is 82.5 Å². The van der Waals surface area contributed by atoms with E-state index >= 15 is 0 Å². The smallest absolute Gasteiger partial charge is 0.327 e. The van der Waals surface area contributed by atoms with Gasteiger partial charge in [-0.25, -0.2) is 0 Å². The summed E-state index contributed by atoms with van der Waals surface area (Å²) in [5.41, 5.74) is -0.705. The monoisotopic (exact) mass is 688 g/mol. The van der Waals surface area contributed by atoms with Crippen molar-refractivity contribution < 1.29 is 42.0 Å². The molecule has 0 amide bonds. The van der Waals surface area contributed by atoms with Gasteiger partial charge in [-0.1, -0.05) is 103 Å². The molecule has 10 heteroatoms. The number of hydrogen-bond acceptors (Lipinski definition) is 8. The number of carbonyl (C=O) groups excluding carboxylic acids is 3. The van der Waals surface area contributed by atoms with Crippen molar-refractivity contribution in [2.75, 3.05) is 54.2 Å². The van der Waals surface area contributed by atoms with Crippen molar-refractivity contribution in [2.45, 2.75) is 161 Å². The van der Waals surface area contributed by atoms with E-state index in [2.05, 4.69) is 6.92 Å². The quantitative estimate of drug-likeness (QED) is 0.0298. The summed E-state index contributed by atoms with van der Waals surface area (Å²) in [5, 5.41) is 0. The summed E-state index contributed by atoms with van der Waals surface area (Å²) in [5.74, 6) is -0.322. The normalized spacial score (nSPS) is 18.9. The molecule has 0 aromatic heterocycles. The number of hydrogen-bond donors (Lipinski definition) is 0. The van der Waals surface area contributed by atoms with E-state index in [0.29, 0.717) is 43.3 Å². The molecule has 0 heterocycles. The summed E-state index contributed by atoms with van der Waals surface area (Å²) >= 11 is 0. The molecule has 0 spiro atoms. The van der Waals surface area contributed by atoms with Crippen LogP contribution in [0.5, 0.6) is 0 Å². The van der Waals surface area contributed by atoms with Crippen LogP contribution in [0.3, 0.4) is 0 Å². The predicted octanol–water partition coefficient (Wildman–Crippen LogP) is 9.19. The molecule has 47 heavy (non-hydrogen) atoms. The maximum Gasteiger partial charge on any atom is 0.327 e. The highest BCUT2D eigenvalue weighted by molar-refractivity contribution is 7.52. The molecule has 3 unspecified atom stereocenters. The number of rotatable bonds is 32. The zero-order valence-electron chi connectivity index (χ0n) is 31.1. The average Bonchev–Trinajstić information content (AvgIpc) is 3.67. The van der Waals surface area contributed by atoms with E-state index in [0.717, 1.165) is 51.4 Å². The molecule has 0 aromatic rings. The van der Waals surface area contributed by atoms with Crippen LogP contribution in [0.4, 0.5) is 0 Å². The van der Waals surface area contributed by atoms with Gasteiger partial charge in [-0.05, 0) is 32.6 Å². The van der Waals surface area contributed by atoms with Crippen molar-refractivity contribution in [2.24, 2.45) is 5.41 Å². The lowest BCUT2D eigenvalue weighted by atomic mass is 10.0. The van der Waals surface area contributed by atoms with Gasteiger partial charge in [-0.3, -0.25) is 14.2 Å². The summed E-state index contributed by atoms with van der Waals surface area (Å²) in [6, 6.07) is 0. The second-order valence-electron chi connectivity index (χ2n) is 15.1. The van der Waals surface area contributed by atoms with Crippen LogP contribution >= 0.6 is 7.60 Å². The summed E-state index contributed by atoms with van der Waals surface area (Å²) in [6.45, 7) is 6.40. The largest absolute Gasteiger partial charge is 0.465 e. The molecule has 0 aliphatic heterocycles. The minimum absolute atomic E-state index is 0.0330. The first kappa shape index (κ1) is 43.7. The molecule has 0 bridgehead atoms. The zero-order valence-corrected chi connectivity index (χ0v) is 32.0. The molecular weight excluding hydrogens is 617 g/mol. The molecule has 9 nitrogen and oxygen atoms in total. The van der Waals surface area contributed by atoms with Crippen molar-refractivity contribution in [1.29, 1.82) is 0 Å². The molecule has 1 saturated carbocycles. The molecule has 0 N–H and O–H groups in total. The van der Waals surface area contributed by atoms with E-state index in [4.69, 9.17) is 18.5 Å². The number of unbranched alkanes of at least 4 members (excludes halogenated alkanes) is 16. The van der Waals surface area contributed by atoms with Gasteiger partial charge in [0.1, 0.15) is 31.6 Å². The van der Waals surface area contributed by atoms with E-state index in [1.165, 1.54) is 70.9 Å². The Kier molecular flexibility index (Phi) is 23.1. The summed E-state index contributed by atoms with van der Waals surface area (Å²) in [4.78, 5) is 36.3. The van der Waals surface area contributed by atoms with Gasteiger partial charge in [-0.2, -0.15) is 0 Å². The second-order valence-corrected chi connectivity index (χ2v) is 17.1. The number of ether oxygens (including phenoxy) is 2. The Morgan fingerprint density at radius 3 is 1.64 bits per heavy atom. The Hall–Kier alpha value is -1.28. The minimum Gasteiger partial charge on any atom is -0.465 e. The number of Topliss-reactive ketones (excluding diaryl/α,β-unsaturated/α-hetero) is 1. The molecule has 1 rings (SSSR count). The van der Waals surface area contributed by atoms with Crippen molar-refractivity contribution >= 4 is 25.3 Å². The van der Waals surface area contributed by atoms with Gasteiger partial charge in [0.2, 0.25) is 0 Å². The van der Waals surface area contributed by atoms with E-state index in [1.807, 2.05) is 21.1 Å². The van der Waals surface area contributed by atoms with Gasteiger partial charge >= 0.3 is 19.5 Å². The summed E-state index contributed by atoms with van der Waals surface area (Å²) in [6.07, 6.45) is 22.1. The fourth-order valence-electron chi connectivity index (χ4n) is 5.56. The molecule has 1 fully saturated rings. The standard InChI is InChI=1S/C37H71NO8P/c1-7-8-9-10-11-12-13-14-15-16-17-20-23-26-35(40)43-31-37(32-45-47(6,42)44-29-28-38(3,4)5)30-34(37)46-36(41)27-24-21-18-19-22-25-33(2)39/h34H,7-32H2,1-6H3/q+1. The lowest BCUT2D eigenvalue weighted by molar-refractivity contribution is -0.870. The van der Waals surface area contributed by atoms with Crippen molar-refractivity contribution in [1.82, 2.24) is 0 Å². The molecule has 3 atom stereocenters. The highest BCUT2D eigenvalue weighted by atomic mass is 31.2. The highest BCUT2D eigenvalue weighted by Crippen LogP contribution is 2.54. The summed E-state index contributed by atoms with van der Waals surface area (Å²) in [7, 11) is 2.76. The molecule has 0 saturated heterocycles. The van der Waals surface area contributed by atoms with E-state index in [-0.39, 0.29) is 30.9 Å². The topological polar surface area (TPSA) is 105 Å². The molecule has 276 valence electrons. The van der Waals surface area contributed by atoms with Gasteiger partial charge in [0.25, 0.3) is 0 Å². The first-order valence-electron chi connectivity index (χ1n) is 18.8. The number of ketones is 1. The van der Waals surface area contributed by atoms with Gasteiger partial charge in [0, 0.05) is 25.9 Å². The Balaban J connectivity index is 2.41. The minimum atomic E-state index is -3.34. The summed E-state index contributed by atoms with van der Waals surface area (Å²) < 4.78 is 36.4. The van der Waals surface area contributed by atoms with E-state index in [9.17, 15) is 18.9 Å². The van der Waals surface area contributed by atoms with Crippen molar-refractivity contribution in [3.05, 3.63) is 0 Å². The zero-order chi connectivity index (χ0) is 35.0. The molecular formula is C37H71NO8P+. The van der Waals surface area contributed by atoms with Crippen LogP contribution in [0.15, 0.2) is 0 Å². The van der Waals surface area contributed by atoms with Crippen molar-refractivity contribution in [3.8, 4) is 0 Å². The van der Waals surface area contributed by atoms with E-state index < -0.39 is 19.1 Å². The average molecular weight is 689 g/mol. The highest BCUT2D eigenvalue weighted by Gasteiger charge is 2.59. The number of nitrogens with zero attached hydrogens (tertiary/aromatic N) is 1.